The Morgan fingerprint density at radius 1 is 0.850 bits per heavy atom. The molecule has 4 fully saturated rings. The maximum Gasteiger partial charge on any atom is 0.329 e. The third-order valence-electron chi connectivity index (χ3n) is 13.5. The van der Waals surface area contributed by atoms with Crippen LogP contribution in [0.5, 0.6) is 5.75 Å². The number of hydrogen-bond donors (Lipinski definition) is 2. The summed E-state index contributed by atoms with van der Waals surface area (Å²) in [6.45, 7) is 6.08. The molecule has 0 bridgehead atoms. The molecule has 2 N–H and O–H groups in total. The highest BCUT2D eigenvalue weighted by molar-refractivity contribution is 6.08. The third kappa shape index (κ3) is 6.88. The number of aromatic nitrogens is 7. The van der Waals surface area contributed by atoms with Crippen LogP contribution in [0.3, 0.4) is 0 Å². The maximum absolute atomic E-state index is 13.4. The summed E-state index contributed by atoms with van der Waals surface area (Å²) in [5.74, 6) is -0.0575. The first-order valence-electron chi connectivity index (χ1n) is 21.2. The zero-order valence-electron chi connectivity index (χ0n) is 34.0. The molecule has 0 spiro atoms. The van der Waals surface area contributed by atoms with Crippen molar-refractivity contribution in [3.05, 3.63) is 77.1 Å². The molecule has 2 aromatic carbocycles. The van der Waals surface area contributed by atoms with E-state index < -0.39 is 11.9 Å². The van der Waals surface area contributed by atoms with E-state index >= 15 is 0 Å². The average Bonchev–Trinajstić information content (AvgIpc) is 3.96. The van der Waals surface area contributed by atoms with Gasteiger partial charge in [0.1, 0.15) is 11.8 Å². The molecule has 7 heterocycles. The fourth-order valence-electron chi connectivity index (χ4n) is 10.1. The molecule has 1 aliphatic carbocycles. The van der Waals surface area contributed by atoms with Gasteiger partial charge in [-0.05, 0) is 94.4 Å². The molecule has 4 aromatic heterocycles. The van der Waals surface area contributed by atoms with Crippen LogP contribution < -0.4 is 26.0 Å². The average molecular weight is 815 g/mol. The van der Waals surface area contributed by atoms with Crippen molar-refractivity contribution in [2.45, 2.75) is 75.5 Å². The van der Waals surface area contributed by atoms with E-state index in [1.807, 2.05) is 24.3 Å². The molecule has 1 atom stereocenters. The molecule has 3 saturated heterocycles. The number of nitrogens with one attached hydrogen (secondary N) is 2. The Morgan fingerprint density at radius 2 is 1.60 bits per heavy atom. The third-order valence-corrected chi connectivity index (χ3v) is 13.5. The number of anilines is 2. The lowest BCUT2D eigenvalue weighted by Gasteiger charge is -2.45. The predicted octanol–water partition coefficient (Wildman–Crippen LogP) is 3.74. The molecule has 17 heteroatoms. The fraction of sp³-hybridized carbons (Fsp3) is 0.465. The van der Waals surface area contributed by atoms with Crippen molar-refractivity contribution >= 4 is 56.8 Å². The van der Waals surface area contributed by atoms with Crippen molar-refractivity contribution in [1.82, 2.24) is 48.6 Å². The first-order chi connectivity index (χ1) is 29.2. The van der Waals surface area contributed by atoms with Crippen LogP contribution in [0.1, 0.15) is 73.8 Å². The Hall–Kier alpha value is -6.07. The number of likely N-dealkylation sites (tertiary alicyclic amines) is 1. The smallest absolute Gasteiger partial charge is 0.329 e. The lowest BCUT2D eigenvalue weighted by Crippen LogP contribution is -2.54. The van der Waals surface area contributed by atoms with E-state index in [4.69, 9.17) is 9.84 Å². The molecule has 1 unspecified atom stereocenters. The maximum atomic E-state index is 13.4. The van der Waals surface area contributed by atoms with Gasteiger partial charge in [0.05, 0.1) is 41.5 Å². The lowest BCUT2D eigenvalue weighted by atomic mass is 9.88. The number of imide groups is 1. The van der Waals surface area contributed by atoms with Crippen LogP contribution in [0.4, 0.5) is 11.5 Å². The van der Waals surface area contributed by atoms with E-state index in [1.54, 1.807) is 46.3 Å². The number of ether oxygens (including phenoxy) is 1. The summed E-state index contributed by atoms with van der Waals surface area (Å²) in [5, 5.41) is 15.5. The molecular formula is C43H50N12O5. The molecule has 3 aliphatic heterocycles. The van der Waals surface area contributed by atoms with Crippen molar-refractivity contribution in [1.29, 1.82) is 0 Å². The summed E-state index contributed by atoms with van der Waals surface area (Å²) in [5.41, 5.74) is 4.22. The van der Waals surface area contributed by atoms with Crippen LogP contribution >= 0.6 is 0 Å². The van der Waals surface area contributed by atoms with Gasteiger partial charge in [-0.3, -0.25) is 38.4 Å². The number of piperazine rings is 1. The molecule has 3 amide bonds. The highest BCUT2D eigenvalue weighted by Gasteiger charge is 2.34. The van der Waals surface area contributed by atoms with Gasteiger partial charge in [0.2, 0.25) is 11.8 Å². The first-order valence-corrected chi connectivity index (χ1v) is 21.2. The summed E-state index contributed by atoms with van der Waals surface area (Å²) in [7, 11) is 3.31. The van der Waals surface area contributed by atoms with Crippen molar-refractivity contribution in [2.75, 3.05) is 56.6 Å². The number of fused-ring (bicyclic) bond motifs is 3. The first kappa shape index (κ1) is 38.2. The molecule has 17 nitrogen and oxygen atoms in total. The van der Waals surface area contributed by atoms with E-state index in [0.29, 0.717) is 52.8 Å². The molecular weight excluding hydrogens is 765 g/mol. The molecule has 4 aliphatic rings. The highest BCUT2D eigenvalue weighted by atomic mass is 16.5. The number of nitrogens with zero attached hydrogens (tertiary/aromatic N) is 10. The number of piperidine rings is 2. The Kier molecular flexibility index (Phi) is 9.86. The molecule has 1 saturated carbocycles. The standard InChI is InChI=1S/C43H50N12O5/c1-49-36-23-31(9-10-34(36)54(43(49)59)35-11-12-40(56)47-42(35)58)52-20-18-51(19-21-52)29-13-16-50(17-14-29)28-5-7-30(8-6-28)53-26-27-22-32(37(60-2)24-33(27)48-53)41(57)46-39-25-44-38-4-3-15-45-55(38)39/h3-4,9-10,15,22-26,28-30,35H,5-8,11-14,16-21H2,1-2H3,(H,46,57)(H,47,56,58). The van der Waals surface area contributed by atoms with Crippen LogP contribution in [0.2, 0.25) is 0 Å². The number of amides is 3. The molecule has 10 rings (SSSR count). The van der Waals surface area contributed by atoms with E-state index in [2.05, 4.69) is 58.4 Å². The van der Waals surface area contributed by atoms with Crippen LogP contribution in [0, 0.1) is 0 Å². The topological polar surface area (TPSA) is 169 Å². The minimum Gasteiger partial charge on any atom is -0.496 e. The van der Waals surface area contributed by atoms with Crippen molar-refractivity contribution < 1.29 is 19.1 Å². The van der Waals surface area contributed by atoms with Crippen LogP contribution in [-0.2, 0) is 16.6 Å². The number of hydrogen-bond acceptors (Lipinski definition) is 11. The summed E-state index contributed by atoms with van der Waals surface area (Å²) in [6.07, 6.45) is 12.6. The minimum absolute atomic E-state index is 0.224. The molecule has 60 heavy (non-hydrogen) atoms. The molecule has 312 valence electrons. The Labute approximate surface area is 345 Å². The summed E-state index contributed by atoms with van der Waals surface area (Å²) >= 11 is 0. The van der Waals surface area contributed by atoms with Gasteiger partial charge in [-0.2, -0.15) is 14.7 Å². The monoisotopic (exact) mass is 814 g/mol. The van der Waals surface area contributed by atoms with Gasteiger partial charge < -0.3 is 19.9 Å². The summed E-state index contributed by atoms with van der Waals surface area (Å²) in [6, 6.07) is 14.2. The Bertz CT molecular complexity index is 2670. The van der Waals surface area contributed by atoms with Crippen molar-refractivity contribution in [3.8, 4) is 5.75 Å². The second-order valence-corrected chi connectivity index (χ2v) is 16.7. The minimum atomic E-state index is -0.684. The van der Waals surface area contributed by atoms with Gasteiger partial charge in [-0.15, -0.1) is 0 Å². The van der Waals surface area contributed by atoms with E-state index in [1.165, 1.54) is 12.8 Å². The number of carbonyl (C=O) groups is 3. The Morgan fingerprint density at radius 3 is 2.37 bits per heavy atom. The van der Waals surface area contributed by atoms with Crippen LogP contribution in [0.25, 0.3) is 27.6 Å². The predicted molar refractivity (Wildman–Crippen MR) is 225 cm³/mol. The summed E-state index contributed by atoms with van der Waals surface area (Å²) < 4.78 is 12.5. The second-order valence-electron chi connectivity index (χ2n) is 16.7. The van der Waals surface area contributed by atoms with Gasteiger partial charge in [0.25, 0.3) is 5.91 Å². The highest BCUT2D eigenvalue weighted by Crippen LogP contribution is 2.35. The van der Waals surface area contributed by atoms with E-state index in [-0.39, 0.29) is 23.9 Å². The quantitative estimate of drug-likeness (QED) is 0.215. The number of benzene rings is 2. The van der Waals surface area contributed by atoms with Gasteiger partial charge >= 0.3 is 5.69 Å². The summed E-state index contributed by atoms with van der Waals surface area (Å²) in [4.78, 5) is 63.2. The SMILES string of the molecule is COc1cc2nn(C3CCC(N4CCC(N5CCN(c6ccc7c(c6)n(C)c(=O)n7C6CCC(=O)NC6=O)CC5)CC4)CC3)cc2cc1C(=O)Nc1cnc2cccnn12. The molecule has 0 radical (unpaired) electrons. The zero-order chi connectivity index (χ0) is 41.1. The Balaban J connectivity index is 0.717. The van der Waals surface area contributed by atoms with Crippen molar-refractivity contribution in [3.63, 3.8) is 0 Å². The number of aryl methyl sites for hydroxylation is 1. The number of imidazole rings is 2. The second kappa shape index (κ2) is 15.5. The van der Waals surface area contributed by atoms with Gasteiger partial charge in [-0.1, -0.05) is 0 Å². The van der Waals surface area contributed by atoms with Gasteiger partial charge in [0, 0.05) is 81.3 Å². The normalized spacial score (nSPS) is 22.5. The van der Waals surface area contributed by atoms with E-state index in [0.717, 1.165) is 87.1 Å². The lowest BCUT2D eigenvalue weighted by molar-refractivity contribution is -0.135. The van der Waals surface area contributed by atoms with E-state index in [9.17, 15) is 19.2 Å². The van der Waals surface area contributed by atoms with Crippen LogP contribution in [0.15, 0.2) is 65.8 Å². The number of carbonyl (C=O) groups excluding carboxylic acids is 3. The van der Waals surface area contributed by atoms with Crippen LogP contribution in [-0.4, -0.2) is 119 Å². The fourth-order valence-corrected chi connectivity index (χ4v) is 10.1. The van der Waals surface area contributed by atoms with Crippen molar-refractivity contribution in [2.24, 2.45) is 7.05 Å². The van der Waals surface area contributed by atoms with Gasteiger partial charge in [-0.25, -0.2) is 9.78 Å². The largest absolute Gasteiger partial charge is 0.496 e. The number of methoxy groups -OCH3 is 1. The zero-order valence-corrected chi connectivity index (χ0v) is 34.0. The van der Waals surface area contributed by atoms with Gasteiger partial charge in [0.15, 0.2) is 11.5 Å². The molecule has 6 aromatic rings. The number of rotatable bonds is 8.